The monoisotopic (exact) mass is 312 g/mol. The quantitative estimate of drug-likeness (QED) is 0.754. The zero-order valence-corrected chi connectivity index (χ0v) is 12.8. The second kappa shape index (κ2) is 7.00. The number of nitrogens with one attached hydrogen (secondary N) is 1. The second-order valence-corrected chi connectivity index (χ2v) is 5.03. The lowest BCUT2D eigenvalue weighted by Gasteiger charge is -2.12. The number of nitrogens with zero attached hydrogens (tertiary/aromatic N) is 3. The van der Waals surface area contributed by atoms with Crippen molar-refractivity contribution >= 4 is 16.7 Å². The minimum atomic E-state index is -0.360. The van der Waals surface area contributed by atoms with Gasteiger partial charge in [0, 0.05) is 23.7 Å². The Hall–Kier alpha value is -2.76. The third kappa shape index (κ3) is 3.36. The highest BCUT2D eigenvalue weighted by atomic mass is 19.1. The molecule has 0 aliphatic heterocycles. The van der Waals surface area contributed by atoms with Gasteiger partial charge in [0.25, 0.3) is 0 Å². The maximum absolute atomic E-state index is 13.8. The predicted molar refractivity (Wildman–Crippen MR) is 86.8 cm³/mol. The molecule has 0 amide bonds. The molecule has 0 aliphatic carbocycles. The van der Waals surface area contributed by atoms with Gasteiger partial charge >= 0.3 is 0 Å². The molecule has 0 atom stereocenters. The Morgan fingerprint density at radius 3 is 2.91 bits per heavy atom. The van der Waals surface area contributed by atoms with Crippen LogP contribution < -0.4 is 10.1 Å². The van der Waals surface area contributed by atoms with Crippen LogP contribution in [0, 0.1) is 5.82 Å². The van der Waals surface area contributed by atoms with E-state index < -0.39 is 0 Å². The van der Waals surface area contributed by atoms with Gasteiger partial charge in [0.05, 0.1) is 6.61 Å². The second-order valence-electron chi connectivity index (χ2n) is 5.03. The van der Waals surface area contributed by atoms with Gasteiger partial charge in [-0.05, 0) is 24.6 Å². The van der Waals surface area contributed by atoms with E-state index in [0.717, 1.165) is 12.0 Å². The smallest absolute Gasteiger partial charge is 0.218 e. The molecule has 0 saturated heterocycles. The van der Waals surface area contributed by atoms with E-state index in [-0.39, 0.29) is 5.82 Å². The Morgan fingerprint density at radius 2 is 2.04 bits per heavy atom. The number of hydrogen-bond donors (Lipinski definition) is 1. The molecule has 0 aliphatic rings. The molecular weight excluding hydrogens is 295 g/mol. The van der Waals surface area contributed by atoms with Crippen LogP contribution in [0.1, 0.15) is 18.9 Å². The zero-order chi connectivity index (χ0) is 16.1. The van der Waals surface area contributed by atoms with Crippen molar-refractivity contribution in [2.75, 3.05) is 11.9 Å². The highest BCUT2D eigenvalue weighted by Crippen LogP contribution is 2.23. The van der Waals surface area contributed by atoms with Crippen LogP contribution in [-0.2, 0) is 6.54 Å². The summed E-state index contributed by atoms with van der Waals surface area (Å²) in [5.74, 6) is 0.826. The van der Waals surface area contributed by atoms with Crippen LogP contribution in [0.2, 0.25) is 0 Å². The molecule has 0 unspecified atom stereocenters. The van der Waals surface area contributed by atoms with Gasteiger partial charge in [-0.25, -0.2) is 19.3 Å². The highest BCUT2D eigenvalue weighted by Gasteiger charge is 2.09. The molecule has 1 aromatic carbocycles. The minimum Gasteiger partial charge on any atom is -0.477 e. The highest BCUT2D eigenvalue weighted by molar-refractivity contribution is 5.89. The van der Waals surface area contributed by atoms with Crippen LogP contribution in [0.4, 0.5) is 10.2 Å². The Bertz CT molecular complexity index is 809. The van der Waals surface area contributed by atoms with Crippen LogP contribution in [0.3, 0.4) is 0 Å². The third-order valence-corrected chi connectivity index (χ3v) is 3.35. The fourth-order valence-corrected chi connectivity index (χ4v) is 2.26. The molecule has 5 nitrogen and oxygen atoms in total. The molecular formula is C17H17FN4O. The summed E-state index contributed by atoms with van der Waals surface area (Å²) in [6.45, 7) is 3.14. The van der Waals surface area contributed by atoms with E-state index in [1.54, 1.807) is 18.3 Å². The molecule has 118 valence electrons. The number of anilines is 1. The number of aromatic nitrogens is 3. The maximum atomic E-state index is 13.8. The van der Waals surface area contributed by atoms with Gasteiger partial charge in [-0.15, -0.1) is 0 Å². The Morgan fingerprint density at radius 1 is 1.13 bits per heavy atom. The molecule has 0 fully saturated rings. The van der Waals surface area contributed by atoms with Gasteiger partial charge in [-0.1, -0.05) is 19.1 Å². The number of pyridine rings is 1. The zero-order valence-electron chi connectivity index (χ0n) is 12.8. The van der Waals surface area contributed by atoms with Crippen LogP contribution >= 0.6 is 0 Å². The van der Waals surface area contributed by atoms with Crippen LogP contribution in [0.15, 0.2) is 42.9 Å². The average molecular weight is 312 g/mol. The molecule has 0 bridgehead atoms. The minimum absolute atomic E-state index is 0.304. The molecule has 3 rings (SSSR count). The van der Waals surface area contributed by atoms with Crippen molar-refractivity contribution in [3.05, 3.63) is 54.2 Å². The third-order valence-electron chi connectivity index (χ3n) is 3.35. The standard InChI is InChI=1S/C17H17FN4O/c1-2-9-23-17-12(5-4-8-19-17)10-20-16-13-6-3-7-14(18)15(13)21-11-22-16/h3-8,11H,2,9-10H2,1H3,(H,20,21,22). The molecule has 23 heavy (non-hydrogen) atoms. The van der Waals surface area contributed by atoms with Gasteiger partial charge in [-0.2, -0.15) is 0 Å². The van der Waals surface area contributed by atoms with Crippen molar-refractivity contribution in [3.63, 3.8) is 0 Å². The summed E-state index contributed by atoms with van der Waals surface area (Å²) in [6, 6.07) is 8.62. The number of benzene rings is 1. The molecule has 6 heteroatoms. The van der Waals surface area contributed by atoms with Crippen molar-refractivity contribution in [2.24, 2.45) is 0 Å². The fourth-order valence-electron chi connectivity index (χ4n) is 2.26. The van der Waals surface area contributed by atoms with Gasteiger partial charge in [-0.3, -0.25) is 0 Å². The van der Waals surface area contributed by atoms with Gasteiger partial charge in [0.1, 0.15) is 23.5 Å². The van der Waals surface area contributed by atoms with E-state index in [1.807, 2.05) is 19.1 Å². The number of para-hydroxylation sites is 1. The lowest BCUT2D eigenvalue weighted by Crippen LogP contribution is -2.07. The van der Waals surface area contributed by atoms with Crippen LogP contribution in [0.5, 0.6) is 5.88 Å². The average Bonchev–Trinajstić information content (AvgIpc) is 2.59. The summed E-state index contributed by atoms with van der Waals surface area (Å²) in [5, 5.41) is 3.86. The van der Waals surface area contributed by atoms with E-state index in [2.05, 4.69) is 20.3 Å². The number of hydrogen-bond acceptors (Lipinski definition) is 5. The molecule has 2 aromatic heterocycles. The van der Waals surface area contributed by atoms with Gasteiger partial charge in [0.15, 0.2) is 0 Å². The Kier molecular flexibility index (Phi) is 4.61. The summed E-state index contributed by atoms with van der Waals surface area (Å²) < 4.78 is 19.4. The number of fused-ring (bicyclic) bond motifs is 1. The van der Waals surface area contributed by atoms with E-state index in [1.165, 1.54) is 12.4 Å². The van der Waals surface area contributed by atoms with Gasteiger partial charge < -0.3 is 10.1 Å². The summed E-state index contributed by atoms with van der Waals surface area (Å²) in [7, 11) is 0. The van der Waals surface area contributed by atoms with E-state index >= 15 is 0 Å². The van der Waals surface area contributed by atoms with Crippen molar-refractivity contribution in [2.45, 2.75) is 19.9 Å². The first-order valence-corrected chi connectivity index (χ1v) is 7.49. The Balaban J connectivity index is 1.83. The molecule has 1 N–H and O–H groups in total. The summed E-state index contributed by atoms with van der Waals surface area (Å²) in [5.41, 5.74) is 1.22. The Labute approximate surface area is 133 Å². The van der Waals surface area contributed by atoms with E-state index in [4.69, 9.17) is 4.74 Å². The predicted octanol–water partition coefficient (Wildman–Crippen LogP) is 3.56. The van der Waals surface area contributed by atoms with Crippen molar-refractivity contribution in [1.82, 2.24) is 15.0 Å². The summed E-state index contributed by atoms with van der Waals surface area (Å²) in [6.07, 6.45) is 3.97. The van der Waals surface area contributed by atoms with Crippen molar-refractivity contribution in [3.8, 4) is 5.88 Å². The molecule has 0 saturated carbocycles. The SMILES string of the molecule is CCCOc1ncccc1CNc1ncnc2c(F)cccc12. The summed E-state index contributed by atoms with van der Waals surface area (Å²) >= 11 is 0. The largest absolute Gasteiger partial charge is 0.477 e. The first kappa shape index (κ1) is 15.1. The summed E-state index contributed by atoms with van der Waals surface area (Å²) in [4.78, 5) is 12.4. The topological polar surface area (TPSA) is 59.9 Å². The van der Waals surface area contributed by atoms with E-state index in [0.29, 0.717) is 35.8 Å². The normalized spacial score (nSPS) is 10.7. The lowest BCUT2D eigenvalue weighted by atomic mass is 10.2. The van der Waals surface area contributed by atoms with Crippen LogP contribution in [-0.4, -0.2) is 21.6 Å². The van der Waals surface area contributed by atoms with Crippen molar-refractivity contribution < 1.29 is 9.13 Å². The first-order valence-electron chi connectivity index (χ1n) is 7.49. The first-order chi connectivity index (χ1) is 11.3. The molecule has 2 heterocycles. The molecule has 0 spiro atoms. The number of halogens is 1. The molecule has 0 radical (unpaired) electrons. The number of ether oxygens (including phenoxy) is 1. The fraction of sp³-hybridized carbons (Fsp3) is 0.235. The van der Waals surface area contributed by atoms with E-state index in [9.17, 15) is 4.39 Å². The van der Waals surface area contributed by atoms with Crippen molar-refractivity contribution in [1.29, 1.82) is 0 Å². The van der Waals surface area contributed by atoms with Crippen LogP contribution in [0.25, 0.3) is 10.9 Å². The molecule has 3 aromatic rings. The van der Waals surface area contributed by atoms with Gasteiger partial charge in [0.2, 0.25) is 5.88 Å². The number of rotatable bonds is 6. The maximum Gasteiger partial charge on any atom is 0.218 e. The lowest BCUT2D eigenvalue weighted by molar-refractivity contribution is 0.302.